The quantitative estimate of drug-likeness (QED) is 0.804. The third-order valence-corrected chi connectivity index (χ3v) is 5.21. The SMILES string of the molecule is Cc1ccc(S(=O)(=O)c2c(C(N)=O)oc3ccccc23)cc1. The first kappa shape index (κ1) is 14.3. The van der Waals surface area contributed by atoms with E-state index in [0.29, 0.717) is 11.0 Å². The van der Waals surface area contributed by atoms with Crippen LogP contribution in [0, 0.1) is 6.92 Å². The number of carbonyl (C=O) groups is 1. The van der Waals surface area contributed by atoms with Crippen LogP contribution in [0.3, 0.4) is 0 Å². The predicted octanol–water partition coefficient (Wildman–Crippen LogP) is 2.67. The van der Waals surface area contributed by atoms with Crippen LogP contribution in [0.15, 0.2) is 62.7 Å². The van der Waals surface area contributed by atoms with Gasteiger partial charge in [0.05, 0.1) is 4.90 Å². The molecule has 0 bridgehead atoms. The summed E-state index contributed by atoms with van der Waals surface area (Å²) in [6, 6.07) is 12.9. The van der Waals surface area contributed by atoms with Crippen molar-refractivity contribution >= 4 is 26.7 Å². The number of hydrogen-bond donors (Lipinski definition) is 1. The van der Waals surface area contributed by atoms with Gasteiger partial charge in [-0.2, -0.15) is 0 Å². The van der Waals surface area contributed by atoms with Crippen molar-refractivity contribution in [2.75, 3.05) is 0 Å². The van der Waals surface area contributed by atoms with Crippen LogP contribution < -0.4 is 5.73 Å². The number of para-hydroxylation sites is 1. The van der Waals surface area contributed by atoms with Crippen molar-refractivity contribution in [1.82, 2.24) is 0 Å². The van der Waals surface area contributed by atoms with Crippen molar-refractivity contribution in [3.8, 4) is 0 Å². The first-order chi connectivity index (χ1) is 10.4. The lowest BCUT2D eigenvalue weighted by molar-refractivity contribution is 0.0971. The van der Waals surface area contributed by atoms with E-state index in [2.05, 4.69) is 0 Å². The number of carbonyl (C=O) groups excluding carboxylic acids is 1. The van der Waals surface area contributed by atoms with Gasteiger partial charge in [-0.3, -0.25) is 4.79 Å². The Labute approximate surface area is 127 Å². The molecule has 3 aromatic rings. The number of aryl methyl sites for hydroxylation is 1. The molecule has 2 N–H and O–H groups in total. The summed E-state index contributed by atoms with van der Waals surface area (Å²) in [7, 11) is -3.91. The van der Waals surface area contributed by atoms with E-state index in [9.17, 15) is 13.2 Å². The summed E-state index contributed by atoms with van der Waals surface area (Å²) in [5.41, 5.74) is 6.52. The highest BCUT2D eigenvalue weighted by Crippen LogP contribution is 2.33. The zero-order chi connectivity index (χ0) is 15.9. The molecule has 0 fully saturated rings. The van der Waals surface area contributed by atoms with Crippen LogP contribution in [0.4, 0.5) is 0 Å². The molecular formula is C16H13NO4S. The van der Waals surface area contributed by atoms with Gasteiger partial charge in [0.1, 0.15) is 10.5 Å². The molecule has 6 heteroatoms. The van der Waals surface area contributed by atoms with Gasteiger partial charge >= 0.3 is 0 Å². The van der Waals surface area contributed by atoms with Gasteiger partial charge < -0.3 is 10.2 Å². The van der Waals surface area contributed by atoms with E-state index in [1.807, 2.05) is 6.92 Å². The number of hydrogen-bond acceptors (Lipinski definition) is 4. The first-order valence-corrected chi connectivity index (χ1v) is 8.02. The molecule has 1 amide bonds. The zero-order valence-electron chi connectivity index (χ0n) is 11.7. The minimum Gasteiger partial charge on any atom is -0.449 e. The van der Waals surface area contributed by atoms with Crippen molar-refractivity contribution in [1.29, 1.82) is 0 Å². The highest BCUT2D eigenvalue weighted by Gasteiger charge is 2.30. The molecule has 0 spiro atoms. The fraction of sp³-hybridized carbons (Fsp3) is 0.0625. The Hall–Kier alpha value is -2.60. The van der Waals surface area contributed by atoms with E-state index >= 15 is 0 Å². The lowest BCUT2D eigenvalue weighted by Crippen LogP contribution is -2.14. The van der Waals surface area contributed by atoms with Crippen molar-refractivity contribution in [2.45, 2.75) is 16.7 Å². The predicted molar refractivity (Wildman–Crippen MR) is 81.4 cm³/mol. The van der Waals surface area contributed by atoms with Crippen LogP contribution in [0.1, 0.15) is 16.1 Å². The van der Waals surface area contributed by atoms with Crippen molar-refractivity contribution in [3.63, 3.8) is 0 Å². The molecule has 0 unspecified atom stereocenters. The third kappa shape index (κ3) is 2.17. The van der Waals surface area contributed by atoms with Gasteiger partial charge in [-0.25, -0.2) is 8.42 Å². The summed E-state index contributed by atoms with van der Waals surface area (Å²) < 4.78 is 31.1. The Morgan fingerprint density at radius 2 is 1.68 bits per heavy atom. The number of furan rings is 1. The molecular weight excluding hydrogens is 302 g/mol. The Morgan fingerprint density at radius 3 is 2.32 bits per heavy atom. The maximum Gasteiger partial charge on any atom is 0.285 e. The van der Waals surface area contributed by atoms with Crippen LogP contribution in [0.25, 0.3) is 11.0 Å². The Morgan fingerprint density at radius 1 is 1.05 bits per heavy atom. The molecule has 0 atom stereocenters. The molecule has 3 rings (SSSR count). The van der Waals surface area contributed by atoms with E-state index < -0.39 is 15.7 Å². The van der Waals surface area contributed by atoms with Gasteiger partial charge in [0, 0.05) is 5.39 Å². The Bertz CT molecular complexity index is 969. The summed E-state index contributed by atoms with van der Waals surface area (Å²) in [6.45, 7) is 1.86. The molecule has 1 aromatic heterocycles. The number of primary amides is 1. The van der Waals surface area contributed by atoms with Crippen molar-refractivity contribution in [2.24, 2.45) is 5.73 Å². The Balaban J connectivity index is 2.35. The van der Waals surface area contributed by atoms with Gasteiger partial charge in [-0.05, 0) is 31.2 Å². The number of fused-ring (bicyclic) bond motifs is 1. The van der Waals surface area contributed by atoms with Gasteiger partial charge in [0.15, 0.2) is 0 Å². The molecule has 1 heterocycles. The minimum absolute atomic E-state index is 0.0900. The summed E-state index contributed by atoms with van der Waals surface area (Å²) in [4.78, 5) is 11.5. The second-order valence-corrected chi connectivity index (χ2v) is 6.82. The molecule has 2 aromatic carbocycles. The normalized spacial score (nSPS) is 11.7. The molecule has 0 radical (unpaired) electrons. The summed E-state index contributed by atoms with van der Waals surface area (Å²) in [5, 5.41) is 0.344. The van der Waals surface area contributed by atoms with Crippen LogP contribution in [0.2, 0.25) is 0 Å². The summed E-state index contributed by atoms with van der Waals surface area (Å²) >= 11 is 0. The van der Waals surface area contributed by atoms with Crippen LogP contribution in [-0.2, 0) is 9.84 Å². The summed E-state index contributed by atoms with van der Waals surface area (Å²) in [5.74, 6) is -1.26. The topological polar surface area (TPSA) is 90.4 Å². The molecule has 0 saturated carbocycles. The highest BCUT2D eigenvalue weighted by atomic mass is 32.2. The lowest BCUT2D eigenvalue weighted by Gasteiger charge is -2.04. The Kier molecular flexibility index (Phi) is 3.26. The zero-order valence-corrected chi connectivity index (χ0v) is 12.6. The van der Waals surface area contributed by atoms with Crippen molar-refractivity contribution < 1.29 is 17.6 Å². The van der Waals surface area contributed by atoms with Crippen LogP contribution in [0.5, 0.6) is 0 Å². The number of sulfone groups is 1. The summed E-state index contributed by atoms with van der Waals surface area (Å²) in [6.07, 6.45) is 0. The molecule has 0 aliphatic carbocycles. The third-order valence-electron chi connectivity index (χ3n) is 3.37. The number of nitrogens with two attached hydrogens (primary N) is 1. The number of amides is 1. The van der Waals surface area contributed by atoms with E-state index in [1.165, 1.54) is 12.1 Å². The average molecular weight is 315 g/mol. The van der Waals surface area contributed by atoms with Crippen molar-refractivity contribution in [3.05, 3.63) is 59.9 Å². The maximum absolute atomic E-state index is 12.9. The van der Waals surface area contributed by atoms with Gasteiger partial charge in [0.25, 0.3) is 5.91 Å². The number of benzene rings is 2. The molecule has 0 aliphatic rings. The van der Waals surface area contributed by atoms with Crippen LogP contribution in [-0.4, -0.2) is 14.3 Å². The van der Waals surface area contributed by atoms with E-state index in [1.54, 1.807) is 36.4 Å². The lowest BCUT2D eigenvalue weighted by atomic mass is 10.2. The van der Waals surface area contributed by atoms with E-state index in [4.69, 9.17) is 10.2 Å². The van der Waals surface area contributed by atoms with Gasteiger partial charge in [0.2, 0.25) is 15.6 Å². The largest absolute Gasteiger partial charge is 0.449 e. The fourth-order valence-electron chi connectivity index (χ4n) is 2.29. The van der Waals surface area contributed by atoms with E-state index in [-0.39, 0.29) is 15.6 Å². The standard InChI is InChI=1S/C16H13NO4S/c1-10-6-8-11(9-7-10)22(19,20)15-12-4-2-3-5-13(12)21-14(15)16(17)18/h2-9H,1H3,(H2,17,18). The average Bonchev–Trinajstić information content (AvgIpc) is 2.88. The first-order valence-electron chi connectivity index (χ1n) is 6.54. The molecule has 0 saturated heterocycles. The molecule has 22 heavy (non-hydrogen) atoms. The second-order valence-electron chi connectivity index (χ2n) is 4.94. The van der Waals surface area contributed by atoms with Gasteiger partial charge in [-0.15, -0.1) is 0 Å². The van der Waals surface area contributed by atoms with Crippen LogP contribution >= 0.6 is 0 Å². The second kappa shape index (κ2) is 4.99. The minimum atomic E-state index is -3.91. The highest BCUT2D eigenvalue weighted by molar-refractivity contribution is 7.91. The fourth-order valence-corrected chi connectivity index (χ4v) is 3.86. The molecule has 0 aliphatic heterocycles. The smallest absolute Gasteiger partial charge is 0.285 e. The maximum atomic E-state index is 12.9. The molecule has 112 valence electrons. The molecule has 5 nitrogen and oxygen atoms in total. The van der Waals surface area contributed by atoms with Gasteiger partial charge in [-0.1, -0.05) is 29.8 Å². The monoisotopic (exact) mass is 315 g/mol. The number of rotatable bonds is 3. The van der Waals surface area contributed by atoms with E-state index in [0.717, 1.165) is 5.56 Å².